The van der Waals surface area contributed by atoms with Crippen molar-refractivity contribution < 1.29 is 9.90 Å². The van der Waals surface area contributed by atoms with E-state index in [-0.39, 0.29) is 0 Å². The Morgan fingerprint density at radius 1 is 1.53 bits per heavy atom. The largest absolute Gasteiger partial charge is 0.478 e. The highest BCUT2D eigenvalue weighted by molar-refractivity contribution is 5.87. The van der Waals surface area contributed by atoms with Crippen LogP contribution in [0.15, 0.2) is 24.3 Å². The SMILES string of the molecule is CN1CCCC1c1cccc(C(=O)O)c1. The van der Waals surface area contributed by atoms with E-state index in [1.54, 1.807) is 12.1 Å². The molecule has 1 heterocycles. The van der Waals surface area contributed by atoms with Crippen LogP contribution in [0.25, 0.3) is 0 Å². The summed E-state index contributed by atoms with van der Waals surface area (Å²) < 4.78 is 0. The van der Waals surface area contributed by atoms with Crippen molar-refractivity contribution in [1.29, 1.82) is 0 Å². The Hall–Kier alpha value is -1.35. The molecule has 0 saturated carbocycles. The van der Waals surface area contributed by atoms with Crippen LogP contribution in [0, 0.1) is 0 Å². The van der Waals surface area contributed by atoms with E-state index in [0.717, 1.165) is 18.5 Å². The van der Waals surface area contributed by atoms with Gasteiger partial charge in [-0.2, -0.15) is 0 Å². The molecule has 1 saturated heterocycles. The summed E-state index contributed by atoms with van der Waals surface area (Å²) >= 11 is 0. The maximum atomic E-state index is 10.8. The topological polar surface area (TPSA) is 40.5 Å². The Balaban J connectivity index is 2.28. The zero-order chi connectivity index (χ0) is 10.8. The Morgan fingerprint density at radius 3 is 2.93 bits per heavy atom. The molecule has 1 aromatic carbocycles. The first kappa shape index (κ1) is 10.2. The second-order valence-electron chi connectivity index (χ2n) is 4.07. The summed E-state index contributed by atoms with van der Waals surface area (Å²) in [6, 6.07) is 7.66. The first-order valence-electron chi connectivity index (χ1n) is 5.22. The normalized spacial score (nSPS) is 21.8. The van der Waals surface area contributed by atoms with Crippen LogP contribution in [0.4, 0.5) is 0 Å². The fourth-order valence-corrected chi connectivity index (χ4v) is 2.21. The monoisotopic (exact) mass is 205 g/mol. The summed E-state index contributed by atoms with van der Waals surface area (Å²) in [4.78, 5) is 13.1. The average Bonchev–Trinajstić information content (AvgIpc) is 2.64. The van der Waals surface area contributed by atoms with Gasteiger partial charge in [0, 0.05) is 6.04 Å². The van der Waals surface area contributed by atoms with Crippen molar-refractivity contribution in [2.24, 2.45) is 0 Å². The zero-order valence-electron chi connectivity index (χ0n) is 8.81. The van der Waals surface area contributed by atoms with Crippen LogP contribution >= 0.6 is 0 Å². The predicted octanol–water partition coefficient (Wildman–Crippen LogP) is 2.15. The quantitative estimate of drug-likeness (QED) is 0.804. The number of benzene rings is 1. The summed E-state index contributed by atoms with van der Waals surface area (Å²) in [5.41, 5.74) is 1.50. The van der Waals surface area contributed by atoms with Gasteiger partial charge in [0.1, 0.15) is 0 Å². The molecule has 0 aliphatic carbocycles. The zero-order valence-corrected chi connectivity index (χ0v) is 8.81. The minimum absolute atomic E-state index is 0.382. The molecule has 2 rings (SSSR count). The third kappa shape index (κ3) is 2.02. The second kappa shape index (κ2) is 4.03. The summed E-state index contributed by atoms with van der Waals surface area (Å²) in [5, 5.41) is 8.90. The van der Waals surface area contributed by atoms with Crippen LogP contribution in [-0.4, -0.2) is 29.6 Å². The van der Waals surface area contributed by atoms with Crippen molar-refractivity contribution in [2.45, 2.75) is 18.9 Å². The molecule has 3 heteroatoms. The lowest BCUT2D eigenvalue weighted by Crippen LogP contribution is -2.17. The molecule has 1 unspecified atom stereocenters. The molecular weight excluding hydrogens is 190 g/mol. The van der Waals surface area contributed by atoms with E-state index >= 15 is 0 Å². The molecule has 0 radical (unpaired) electrons. The third-order valence-electron chi connectivity index (χ3n) is 3.04. The molecule has 3 nitrogen and oxygen atoms in total. The van der Waals surface area contributed by atoms with Crippen molar-refractivity contribution >= 4 is 5.97 Å². The summed E-state index contributed by atoms with van der Waals surface area (Å²) in [7, 11) is 2.09. The smallest absolute Gasteiger partial charge is 0.335 e. The highest BCUT2D eigenvalue weighted by Gasteiger charge is 2.22. The maximum absolute atomic E-state index is 10.8. The molecule has 15 heavy (non-hydrogen) atoms. The molecule has 1 aliphatic heterocycles. The molecule has 1 aromatic rings. The number of carbonyl (C=O) groups is 1. The number of nitrogens with zero attached hydrogens (tertiary/aromatic N) is 1. The molecule has 0 amide bonds. The summed E-state index contributed by atoms with van der Waals surface area (Å²) in [6.45, 7) is 1.10. The van der Waals surface area contributed by atoms with Crippen LogP contribution in [0.3, 0.4) is 0 Å². The number of hydrogen-bond acceptors (Lipinski definition) is 2. The number of carboxylic acid groups (broad SMARTS) is 1. The fourth-order valence-electron chi connectivity index (χ4n) is 2.21. The van der Waals surface area contributed by atoms with Gasteiger partial charge >= 0.3 is 5.97 Å². The van der Waals surface area contributed by atoms with E-state index < -0.39 is 5.97 Å². The lowest BCUT2D eigenvalue weighted by atomic mass is 10.0. The first-order chi connectivity index (χ1) is 7.18. The summed E-state index contributed by atoms with van der Waals surface area (Å²) in [5.74, 6) is -0.850. The average molecular weight is 205 g/mol. The molecule has 1 atom stereocenters. The van der Waals surface area contributed by atoms with Crippen molar-refractivity contribution in [3.8, 4) is 0 Å². The van der Waals surface area contributed by atoms with E-state index in [0.29, 0.717) is 11.6 Å². The highest BCUT2D eigenvalue weighted by Crippen LogP contribution is 2.30. The molecule has 0 aromatic heterocycles. The minimum Gasteiger partial charge on any atom is -0.478 e. The molecule has 0 bridgehead atoms. The lowest BCUT2D eigenvalue weighted by molar-refractivity contribution is 0.0696. The number of carboxylic acids is 1. The van der Waals surface area contributed by atoms with Gasteiger partial charge in [-0.3, -0.25) is 4.90 Å². The number of hydrogen-bond donors (Lipinski definition) is 1. The van der Waals surface area contributed by atoms with Crippen LogP contribution in [0.5, 0.6) is 0 Å². The van der Waals surface area contributed by atoms with Gasteiger partial charge in [-0.15, -0.1) is 0 Å². The van der Waals surface area contributed by atoms with E-state index in [4.69, 9.17) is 5.11 Å². The van der Waals surface area contributed by atoms with Crippen molar-refractivity contribution in [2.75, 3.05) is 13.6 Å². The molecule has 1 aliphatic rings. The molecule has 80 valence electrons. The van der Waals surface area contributed by atoms with Gasteiger partial charge < -0.3 is 5.11 Å². The van der Waals surface area contributed by atoms with Crippen LogP contribution in [0.1, 0.15) is 34.8 Å². The van der Waals surface area contributed by atoms with Gasteiger partial charge in [0.2, 0.25) is 0 Å². The molecule has 1 fully saturated rings. The van der Waals surface area contributed by atoms with Gasteiger partial charge in [-0.25, -0.2) is 4.79 Å². The van der Waals surface area contributed by atoms with Gasteiger partial charge in [0.05, 0.1) is 5.56 Å². The number of rotatable bonds is 2. The van der Waals surface area contributed by atoms with Crippen molar-refractivity contribution in [1.82, 2.24) is 4.90 Å². The number of aromatic carboxylic acids is 1. The van der Waals surface area contributed by atoms with Gasteiger partial charge in [0.15, 0.2) is 0 Å². The van der Waals surface area contributed by atoms with E-state index in [1.807, 2.05) is 12.1 Å². The van der Waals surface area contributed by atoms with E-state index in [9.17, 15) is 4.79 Å². The van der Waals surface area contributed by atoms with Crippen LogP contribution in [0.2, 0.25) is 0 Å². The Labute approximate surface area is 89.3 Å². The lowest BCUT2D eigenvalue weighted by Gasteiger charge is -2.19. The fraction of sp³-hybridized carbons (Fsp3) is 0.417. The summed E-state index contributed by atoms with van der Waals surface area (Å²) in [6.07, 6.45) is 2.32. The highest BCUT2D eigenvalue weighted by atomic mass is 16.4. The number of likely N-dealkylation sites (tertiary alicyclic amines) is 1. The maximum Gasteiger partial charge on any atom is 0.335 e. The standard InChI is InChI=1S/C12H15NO2/c1-13-7-3-6-11(13)9-4-2-5-10(8-9)12(14)15/h2,4-5,8,11H,3,6-7H2,1H3,(H,14,15). The second-order valence-corrected chi connectivity index (χ2v) is 4.07. The van der Waals surface area contributed by atoms with Gasteiger partial charge in [-0.05, 0) is 44.1 Å². The molecule has 0 spiro atoms. The molecule has 1 N–H and O–H groups in total. The van der Waals surface area contributed by atoms with Gasteiger partial charge in [0.25, 0.3) is 0 Å². The van der Waals surface area contributed by atoms with Crippen LogP contribution in [-0.2, 0) is 0 Å². The van der Waals surface area contributed by atoms with Crippen molar-refractivity contribution in [3.05, 3.63) is 35.4 Å². The molecular formula is C12H15NO2. The Kier molecular flexibility index (Phi) is 2.73. The Bertz CT molecular complexity index is 376. The third-order valence-corrected chi connectivity index (χ3v) is 3.04. The predicted molar refractivity (Wildman–Crippen MR) is 58.0 cm³/mol. The first-order valence-corrected chi connectivity index (χ1v) is 5.22. The Morgan fingerprint density at radius 2 is 2.33 bits per heavy atom. The minimum atomic E-state index is -0.850. The van der Waals surface area contributed by atoms with Crippen LogP contribution < -0.4 is 0 Å². The van der Waals surface area contributed by atoms with Gasteiger partial charge in [-0.1, -0.05) is 12.1 Å². The van der Waals surface area contributed by atoms with Crippen molar-refractivity contribution in [3.63, 3.8) is 0 Å². The van der Waals surface area contributed by atoms with E-state index in [2.05, 4.69) is 11.9 Å². The van der Waals surface area contributed by atoms with E-state index in [1.165, 1.54) is 6.42 Å².